The molecule has 0 unspecified atom stereocenters. The molecular formula is C27H23FN4O2S. The van der Waals surface area contributed by atoms with Crippen LogP contribution in [0.5, 0.6) is 0 Å². The van der Waals surface area contributed by atoms with Crippen molar-refractivity contribution >= 4 is 40.1 Å². The summed E-state index contributed by atoms with van der Waals surface area (Å²) in [6.07, 6.45) is 0.594. The van der Waals surface area contributed by atoms with Gasteiger partial charge in [0.2, 0.25) is 5.91 Å². The van der Waals surface area contributed by atoms with Gasteiger partial charge in [0.15, 0.2) is 5.17 Å². The number of para-hydroxylation sites is 1. The molecule has 3 aromatic rings. The number of carbonyl (C=O) groups excluding carboxylic acids is 2. The minimum absolute atomic E-state index is 0.00891. The summed E-state index contributed by atoms with van der Waals surface area (Å²) in [4.78, 5) is 29.5. The van der Waals surface area contributed by atoms with E-state index in [2.05, 4.69) is 10.3 Å². The number of anilines is 1. The fourth-order valence-corrected chi connectivity index (χ4v) is 5.12. The van der Waals surface area contributed by atoms with Crippen LogP contribution in [0, 0.1) is 12.7 Å². The zero-order valence-electron chi connectivity index (χ0n) is 19.0. The molecule has 35 heavy (non-hydrogen) atoms. The van der Waals surface area contributed by atoms with Gasteiger partial charge < -0.3 is 5.32 Å². The number of rotatable bonds is 5. The number of hydrogen-bond donors (Lipinski definition) is 1. The van der Waals surface area contributed by atoms with Gasteiger partial charge in [-0.05, 0) is 42.3 Å². The number of carbonyl (C=O) groups is 2. The summed E-state index contributed by atoms with van der Waals surface area (Å²) in [5.41, 5.74) is 4.55. The Balaban J connectivity index is 1.36. The van der Waals surface area contributed by atoms with Gasteiger partial charge in [-0.2, -0.15) is 10.1 Å². The maximum Gasteiger partial charge on any atom is 0.262 e. The minimum Gasteiger partial charge on any atom is -0.326 e. The maximum absolute atomic E-state index is 13.6. The Morgan fingerprint density at radius 2 is 1.77 bits per heavy atom. The zero-order chi connectivity index (χ0) is 24.4. The molecule has 0 bridgehead atoms. The first-order chi connectivity index (χ1) is 17.0. The second kappa shape index (κ2) is 9.84. The molecule has 6 nitrogen and oxygen atoms in total. The molecule has 0 saturated carbocycles. The number of aliphatic imine (C=N–C) groups is 1. The molecule has 176 valence electrons. The van der Waals surface area contributed by atoms with E-state index < -0.39 is 5.25 Å². The van der Waals surface area contributed by atoms with Crippen LogP contribution in [0.15, 0.2) is 89.0 Å². The first-order valence-corrected chi connectivity index (χ1v) is 12.2. The molecule has 2 amide bonds. The van der Waals surface area contributed by atoms with E-state index in [1.165, 1.54) is 23.9 Å². The van der Waals surface area contributed by atoms with Gasteiger partial charge in [-0.3, -0.25) is 9.59 Å². The van der Waals surface area contributed by atoms with Crippen molar-refractivity contribution in [2.24, 2.45) is 10.1 Å². The Hall–Kier alpha value is -3.78. The molecule has 0 radical (unpaired) electrons. The molecule has 8 heteroatoms. The van der Waals surface area contributed by atoms with E-state index in [9.17, 15) is 14.0 Å². The average molecular weight is 487 g/mol. The third-order valence-corrected chi connectivity index (χ3v) is 7.05. The number of amidine groups is 1. The monoisotopic (exact) mass is 486 g/mol. The molecule has 0 fully saturated rings. The lowest BCUT2D eigenvalue weighted by atomic mass is 9.98. The summed E-state index contributed by atoms with van der Waals surface area (Å²) >= 11 is 1.24. The third kappa shape index (κ3) is 5.17. The highest BCUT2D eigenvalue weighted by molar-refractivity contribution is 8.15. The Morgan fingerprint density at radius 3 is 2.49 bits per heavy atom. The first-order valence-electron chi connectivity index (χ1n) is 11.3. The summed E-state index contributed by atoms with van der Waals surface area (Å²) in [6.45, 7) is 2.03. The number of thioether (sulfide) groups is 1. The van der Waals surface area contributed by atoms with Crippen LogP contribution in [-0.2, 0) is 9.59 Å². The summed E-state index contributed by atoms with van der Waals surface area (Å²) in [7, 11) is 0. The third-order valence-electron chi connectivity index (χ3n) is 5.90. The SMILES string of the molecule is Cc1ccc(C2=NN(C3=NC(=O)[C@H](CC(=O)Nc4ccccc4)S3)[C@H](c3ccc(F)cc3)C2)cc1. The first kappa shape index (κ1) is 23.0. The van der Waals surface area contributed by atoms with Crippen molar-refractivity contribution in [2.45, 2.75) is 31.1 Å². The number of amides is 2. The lowest BCUT2D eigenvalue weighted by molar-refractivity contribution is -0.121. The van der Waals surface area contributed by atoms with Crippen LogP contribution in [0.4, 0.5) is 10.1 Å². The highest BCUT2D eigenvalue weighted by atomic mass is 32.2. The lowest BCUT2D eigenvalue weighted by Crippen LogP contribution is -2.25. The average Bonchev–Trinajstić information content (AvgIpc) is 3.45. The van der Waals surface area contributed by atoms with Gasteiger partial charge in [0.25, 0.3) is 5.91 Å². The van der Waals surface area contributed by atoms with E-state index in [1.54, 1.807) is 29.3 Å². The highest BCUT2D eigenvalue weighted by Gasteiger charge is 2.39. The van der Waals surface area contributed by atoms with Crippen molar-refractivity contribution in [1.82, 2.24) is 5.01 Å². The molecule has 0 saturated heterocycles. The van der Waals surface area contributed by atoms with Gasteiger partial charge in [-0.25, -0.2) is 9.40 Å². The van der Waals surface area contributed by atoms with E-state index >= 15 is 0 Å². The van der Waals surface area contributed by atoms with Gasteiger partial charge >= 0.3 is 0 Å². The van der Waals surface area contributed by atoms with Crippen LogP contribution in [0.2, 0.25) is 0 Å². The lowest BCUT2D eigenvalue weighted by Gasteiger charge is -2.23. The molecule has 2 aliphatic heterocycles. The van der Waals surface area contributed by atoms with Crippen molar-refractivity contribution in [2.75, 3.05) is 5.32 Å². The van der Waals surface area contributed by atoms with Gasteiger partial charge in [0, 0.05) is 18.5 Å². The zero-order valence-corrected chi connectivity index (χ0v) is 19.8. The number of aryl methyl sites for hydroxylation is 1. The number of hydrazone groups is 1. The van der Waals surface area contributed by atoms with E-state index in [1.807, 2.05) is 49.4 Å². The quantitative estimate of drug-likeness (QED) is 0.530. The Bertz CT molecular complexity index is 1310. The van der Waals surface area contributed by atoms with E-state index in [0.29, 0.717) is 17.3 Å². The smallest absolute Gasteiger partial charge is 0.262 e. The van der Waals surface area contributed by atoms with Gasteiger partial charge in [-0.15, -0.1) is 0 Å². The second-order valence-electron chi connectivity index (χ2n) is 8.49. The Labute approximate surface area is 207 Å². The standard InChI is InChI=1S/C27H23FN4O2S/c1-17-7-9-18(10-8-17)22-15-23(19-11-13-20(28)14-12-19)32(31-22)27-30-26(34)24(35-27)16-25(33)29-21-5-3-2-4-6-21/h2-14,23-24H,15-16H2,1H3,(H,29,33)/t23-,24-/m0/s1. The molecule has 1 N–H and O–H groups in total. The maximum atomic E-state index is 13.6. The van der Waals surface area contributed by atoms with E-state index in [0.717, 1.165) is 22.4 Å². The van der Waals surface area contributed by atoms with Crippen molar-refractivity contribution in [3.05, 3.63) is 101 Å². The molecular weight excluding hydrogens is 463 g/mol. The predicted octanol–water partition coefficient (Wildman–Crippen LogP) is 5.31. The van der Waals surface area contributed by atoms with E-state index in [4.69, 9.17) is 5.10 Å². The number of nitrogens with zero attached hydrogens (tertiary/aromatic N) is 3. The molecule has 5 rings (SSSR count). The van der Waals surface area contributed by atoms with Crippen molar-refractivity contribution < 1.29 is 14.0 Å². The van der Waals surface area contributed by atoms with Crippen molar-refractivity contribution in [3.8, 4) is 0 Å². The number of nitrogens with one attached hydrogen (secondary N) is 1. The van der Waals surface area contributed by atoms with E-state index in [-0.39, 0.29) is 30.1 Å². The minimum atomic E-state index is -0.624. The van der Waals surface area contributed by atoms with Crippen LogP contribution >= 0.6 is 11.8 Å². The van der Waals surface area contributed by atoms with Gasteiger partial charge in [-0.1, -0.05) is 71.9 Å². The molecule has 3 aromatic carbocycles. The Kier molecular flexibility index (Phi) is 6.46. The van der Waals surface area contributed by atoms with Crippen LogP contribution in [0.3, 0.4) is 0 Å². The van der Waals surface area contributed by atoms with Crippen LogP contribution < -0.4 is 5.32 Å². The van der Waals surface area contributed by atoms with Crippen LogP contribution in [-0.4, -0.2) is 33.0 Å². The van der Waals surface area contributed by atoms with Crippen LogP contribution in [0.25, 0.3) is 0 Å². The van der Waals surface area contributed by atoms with Gasteiger partial charge in [0.05, 0.1) is 11.8 Å². The summed E-state index contributed by atoms with van der Waals surface area (Å²) < 4.78 is 13.6. The van der Waals surface area contributed by atoms with Crippen LogP contribution in [0.1, 0.15) is 35.6 Å². The molecule has 0 aliphatic carbocycles. The summed E-state index contributed by atoms with van der Waals surface area (Å²) in [5.74, 6) is -0.922. The molecule has 0 aromatic heterocycles. The molecule has 0 spiro atoms. The predicted molar refractivity (Wildman–Crippen MR) is 137 cm³/mol. The molecule has 2 heterocycles. The molecule has 2 atom stereocenters. The summed E-state index contributed by atoms with van der Waals surface area (Å²) in [6, 6.07) is 23.3. The number of benzene rings is 3. The number of hydrogen-bond acceptors (Lipinski definition) is 5. The fraction of sp³-hybridized carbons (Fsp3) is 0.185. The summed E-state index contributed by atoms with van der Waals surface area (Å²) in [5, 5.41) is 9.19. The second-order valence-corrected chi connectivity index (χ2v) is 9.66. The fourth-order valence-electron chi connectivity index (χ4n) is 4.06. The molecule has 2 aliphatic rings. The topological polar surface area (TPSA) is 74.1 Å². The van der Waals surface area contributed by atoms with Crippen molar-refractivity contribution in [1.29, 1.82) is 0 Å². The number of halogens is 1. The largest absolute Gasteiger partial charge is 0.326 e. The van der Waals surface area contributed by atoms with Gasteiger partial charge in [0.1, 0.15) is 11.1 Å². The Morgan fingerprint density at radius 1 is 1.06 bits per heavy atom. The normalized spacial score (nSPS) is 19.5. The highest BCUT2D eigenvalue weighted by Crippen LogP contribution is 2.38. The van der Waals surface area contributed by atoms with Crippen molar-refractivity contribution in [3.63, 3.8) is 0 Å².